The molecule has 27 heavy (non-hydrogen) atoms. The molecule has 0 fully saturated rings. The lowest BCUT2D eigenvalue weighted by Crippen LogP contribution is -2.12. The molecule has 1 heterocycles. The minimum Gasteiger partial charge on any atom is -0.363 e. The van der Waals surface area contributed by atoms with Gasteiger partial charge in [0, 0.05) is 46.6 Å². The number of benzene rings is 2. The lowest BCUT2D eigenvalue weighted by Gasteiger charge is -2.14. The molecule has 2 aromatic carbocycles. The standard InChI is InChI=1S/C20H19Cl2N3S2/c1-25(2)19-11-14(12-26-15-7-4-3-5-8-15)23-20(24-19)27-13-16-17(21)9-6-10-18(16)22/h3-11H,12-13H2,1-2H3. The molecule has 0 saturated carbocycles. The number of hydrogen-bond donors (Lipinski definition) is 0. The summed E-state index contributed by atoms with van der Waals surface area (Å²) in [6.07, 6.45) is 0. The normalized spacial score (nSPS) is 10.8. The van der Waals surface area contributed by atoms with Crippen LogP contribution in [-0.2, 0) is 11.5 Å². The molecule has 0 aliphatic rings. The van der Waals surface area contributed by atoms with Crippen molar-refractivity contribution < 1.29 is 0 Å². The van der Waals surface area contributed by atoms with Gasteiger partial charge in [0.2, 0.25) is 0 Å². The van der Waals surface area contributed by atoms with Gasteiger partial charge in [0.05, 0.1) is 5.69 Å². The first-order valence-electron chi connectivity index (χ1n) is 8.32. The van der Waals surface area contributed by atoms with Crippen LogP contribution in [0.5, 0.6) is 0 Å². The third-order valence-corrected chi connectivity index (χ3v) is 6.37. The Morgan fingerprint density at radius 3 is 2.22 bits per heavy atom. The van der Waals surface area contributed by atoms with Gasteiger partial charge in [-0.1, -0.05) is 59.2 Å². The third-order valence-electron chi connectivity index (χ3n) is 3.74. The first-order chi connectivity index (χ1) is 13.0. The van der Waals surface area contributed by atoms with E-state index in [1.165, 1.54) is 4.90 Å². The van der Waals surface area contributed by atoms with Gasteiger partial charge in [0.1, 0.15) is 5.82 Å². The number of anilines is 1. The first kappa shape index (κ1) is 20.3. The second kappa shape index (κ2) is 9.69. The fourth-order valence-corrected chi connectivity index (χ4v) is 4.73. The summed E-state index contributed by atoms with van der Waals surface area (Å²) < 4.78 is 0. The average Bonchev–Trinajstić information content (AvgIpc) is 2.66. The molecule has 0 atom stereocenters. The van der Waals surface area contributed by atoms with E-state index >= 15 is 0 Å². The number of thioether (sulfide) groups is 2. The van der Waals surface area contributed by atoms with Crippen molar-refractivity contribution in [1.29, 1.82) is 0 Å². The topological polar surface area (TPSA) is 29.0 Å². The minimum atomic E-state index is 0.626. The van der Waals surface area contributed by atoms with E-state index in [1.54, 1.807) is 23.5 Å². The number of halogens is 2. The van der Waals surface area contributed by atoms with Gasteiger partial charge in [0.25, 0.3) is 0 Å². The van der Waals surface area contributed by atoms with Crippen molar-refractivity contribution in [3.63, 3.8) is 0 Å². The van der Waals surface area contributed by atoms with Crippen LogP contribution in [0, 0.1) is 0 Å². The van der Waals surface area contributed by atoms with Crippen LogP contribution in [0.25, 0.3) is 0 Å². The maximum atomic E-state index is 6.28. The molecule has 140 valence electrons. The Bertz CT molecular complexity index is 885. The largest absolute Gasteiger partial charge is 0.363 e. The summed E-state index contributed by atoms with van der Waals surface area (Å²) in [5.41, 5.74) is 1.90. The first-order valence-corrected chi connectivity index (χ1v) is 11.0. The van der Waals surface area contributed by atoms with Crippen LogP contribution in [0.1, 0.15) is 11.3 Å². The van der Waals surface area contributed by atoms with E-state index in [0.29, 0.717) is 15.8 Å². The zero-order chi connectivity index (χ0) is 19.2. The predicted octanol–water partition coefficient (Wildman–Crippen LogP) is 6.43. The molecular formula is C20H19Cl2N3S2. The Labute approximate surface area is 178 Å². The zero-order valence-electron chi connectivity index (χ0n) is 15.0. The van der Waals surface area contributed by atoms with Crippen LogP contribution < -0.4 is 4.90 Å². The van der Waals surface area contributed by atoms with Gasteiger partial charge in [-0.05, 0) is 29.8 Å². The fraction of sp³-hybridized carbons (Fsp3) is 0.200. The summed E-state index contributed by atoms with van der Waals surface area (Å²) in [6.45, 7) is 0. The van der Waals surface area contributed by atoms with Crippen molar-refractivity contribution in [1.82, 2.24) is 9.97 Å². The summed E-state index contributed by atoms with van der Waals surface area (Å²) in [5, 5.41) is 2.05. The van der Waals surface area contributed by atoms with Gasteiger partial charge in [-0.2, -0.15) is 0 Å². The van der Waals surface area contributed by atoms with Crippen LogP contribution in [0.3, 0.4) is 0 Å². The molecule has 0 amide bonds. The smallest absolute Gasteiger partial charge is 0.190 e. The molecule has 0 N–H and O–H groups in total. The lowest BCUT2D eigenvalue weighted by atomic mass is 10.2. The zero-order valence-corrected chi connectivity index (χ0v) is 18.2. The average molecular weight is 436 g/mol. The monoisotopic (exact) mass is 435 g/mol. The van der Waals surface area contributed by atoms with E-state index < -0.39 is 0 Å². The van der Waals surface area contributed by atoms with E-state index in [4.69, 9.17) is 28.2 Å². The Morgan fingerprint density at radius 1 is 0.852 bits per heavy atom. The summed E-state index contributed by atoms with van der Waals surface area (Å²) >= 11 is 15.9. The van der Waals surface area contributed by atoms with E-state index in [2.05, 4.69) is 17.1 Å². The Balaban J connectivity index is 1.77. The molecule has 3 nitrogen and oxygen atoms in total. The molecule has 7 heteroatoms. The molecule has 0 aliphatic heterocycles. The molecule has 0 unspecified atom stereocenters. The fourth-order valence-electron chi connectivity index (χ4n) is 2.31. The van der Waals surface area contributed by atoms with Crippen molar-refractivity contribution in [3.05, 3.63) is 75.9 Å². The van der Waals surface area contributed by atoms with Crippen LogP contribution >= 0.6 is 46.7 Å². The molecule has 0 aliphatic carbocycles. The van der Waals surface area contributed by atoms with E-state index in [-0.39, 0.29) is 0 Å². The van der Waals surface area contributed by atoms with Crippen molar-refractivity contribution in [3.8, 4) is 0 Å². The van der Waals surface area contributed by atoms with Gasteiger partial charge in [-0.15, -0.1) is 11.8 Å². The van der Waals surface area contributed by atoms with Crippen molar-refractivity contribution in [2.24, 2.45) is 0 Å². The minimum absolute atomic E-state index is 0.626. The van der Waals surface area contributed by atoms with Gasteiger partial charge in [0.15, 0.2) is 5.16 Å². The van der Waals surface area contributed by atoms with Crippen LogP contribution in [0.15, 0.2) is 64.6 Å². The highest BCUT2D eigenvalue weighted by atomic mass is 35.5. The Hall–Kier alpha value is -1.40. The van der Waals surface area contributed by atoms with E-state index in [9.17, 15) is 0 Å². The number of hydrogen-bond acceptors (Lipinski definition) is 5. The maximum absolute atomic E-state index is 6.28. The summed E-state index contributed by atoms with van der Waals surface area (Å²) in [7, 11) is 3.96. The molecule has 0 saturated heterocycles. The quantitative estimate of drug-likeness (QED) is 0.314. The SMILES string of the molecule is CN(C)c1cc(CSc2ccccc2)nc(SCc2c(Cl)cccc2Cl)n1. The molecule has 0 radical (unpaired) electrons. The highest BCUT2D eigenvalue weighted by molar-refractivity contribution is 7.98. The van der Waals surface area contributed by atoms with Crippen molar-refractivity contribution in [2.45, 2.75) is 21.6 Å². The summed E-state index contributed by atoms with van der Waals surface area (Å²) in [5.74, 6) is 2.30. The van der Waals surface area contributed by atoms with Gasteiger partial charge >= 0.3 is 0 Å². The van der Waals surface area contributed by atoms with Crippen LogP contribution in [-0.4, -0.2) is 24.1 Å². The molecular weight excluding hydrogens is 417 g/mol. The number of rotatable bonds is 7. The van der Waals surface area contributed by atoms with Gasteiger partial charge in [-0.3, -0.25) is 0 Å². The Morgan fingerprint density at radius 2 is 1.56 bits per heavy atom. The maximum Gasteiger partial charge on any atom is 0.190 e. The Kier molecular flexibility index (Phi) is 7.30. The highest BCUT2D eigenvalue weighted by Crippen LogP contribution is 2.31. The molecule has 0 spiro atoms. The van der Waals surface area contributed by atoms with Gasteiger partial charge in [-0.25, -0.2) is 9.97 Å². The van der Waals surface area contributed by atoms with Crippen LogP contribution in [0.2, 0.25) is 10.0 Å². The van der Waals surface area contributed by atoms with Crippen LogP contribution in [0.4, 0.5) is 5.82 Å². The summed E-state index contributed by atoms with van der Waals surface area (Å²) in [6, 6.07) is 17.9. The molecule has 1 aromatic heterocycles. The van der Waals surface area contributed by atoms with Gasteiger partial charge < -0.3 is 4.90 Å². The second-order valence-corrected chi connectivity index (χ2v) is 8.79. The highest BCUT2D eigenvalue weighted by Gasteiger charge is 2.11. The predicted molar refractivity (Wildman–Crippen MR) is 118 cm³/mol. The van der Waals surface area contributed by atoms with E-state index in [0.717, 1.165) is 28.0 Å². The molecule has 0 bridgehead atoms. The van der Waals surface area contributed by atoms with E-state index in [1.807, 2.05) is 61.5 Å². The lowest BCUT2D eigenvalue weighted by molar-refractivity contribution is 0.897. The second-order valence-electron chi connectivity index (χ2n) is 5.99. The van der Waals surface area contributed by atoms with Crippen molar-refractivity contribution >= 4 is 52.5 Å². The third kappa shape index (κ3) is 5.79. The molecule has 3 aromatic rings. The number of nitrogens with zero attached hydrogens (tertiary/aromatic N) is 3. The number of aromatic nitrogens is 2. The molecule has 3 rings (SSSR count). The van der Waals surface area contributed by atoms with Crippen molar-refractivity contribution in [2.75, 3.05) is 19.0 Å². The summed E-state index contributed by atoms with van der Waals surface area (Å²) in [4.78, 5) is 12.6.